The maximum absolute atomic E-state index is 12.9. The first-order valence-corrected chi connectivity index (χ1v) is 9.49. The minimum atomic E-state index is -0.893. The van der Waals surface area contributed by atoms with E-state index in [-0.39, 0.29) is 11.5 Å². The molecule has 0 bridgehead atoms. The third kappa shape index (κ3) is 4.63. The van der Waals surface area contributed by atoms with Crippen LogP contribution in [0.3, 0.4) is 0 Å². The number of carbonyl (C=O) groups is 2. The second kappa shape index (κ2) is 8.84. The number of thioether (sulfide) groups is 1. The molecule has 0 aliphatic heterocycles. The summed E-state index contributed by atoms with van der Waals surface area (Å²) >= 11 is 1.19. The molecule has 0 radical (unpaired) electrons. The molecule has 8 heteroatoms. The molecule has 3 amide bonds. The van der Waals surface area contributed by atoms with Gasteiger partial charge in [0.2, 0.25) is 5.91 Å². The number of fused-ring (bicyclic) bond motifs is 1. The smallest absolute Gasteiger partial charge is 0.318 e. The van der Waals surface area contributed by atoms with Crippen molar-refractivity contribution in [2.45, 2.75) is 50.6 Å². The summed E-state index contributed by atoms with van der Waals surface area (Å²) in [6, 6.07) is 6.26. The first kappa shape index (κ1) is 20.0. The normalized spacial score (nSPS) is 12.3. The van der Waals surface area contributed by atoms with E-state index in [0.29, 0.717) is 22.6 Å². The summed E-state index contributed by atoms with van der Waals surface area (Å²) in [7, 11) is 0. The monoisotopic (exact) mass is 376 g/mol. The molecular formula is C18H24N4O3S. The first-order chi connectivity index (χ1) is 12.3. The molecule has 0 aliphatic carbocycles. The van der Waals surface area contributed by atoms with E-state index in [9.17, 15) is 14.4 Å². The maximum Gasteiger partial charge on any atom is 0.318 e. The predicted molar refractivity (Wildman–Crippen MR) is 103 cm³/mol. The van der Waals surface area contributed by atoms with Crippen molar-refractivity contribution in [1.29, 1.82) is 0 Å². The lowest BCUT2D eigenvalue weighted by Crippen LogP contribution is -2.42. The van der Waals surface area contributed by atoms with Gasteiger partial charge in [0.05, 0.1) is 16.2 Å². The van der Waals surface area contributed by atoms with E-state index in [0.717, 1.165) is 12.8 Å². The molecule has 0 aliphatic rings. The number of rotatable bonds is 7. The van der Waals surface area contributed by atoms with Crippen LogP contribution >= 0.6 is 11.8 Å². The molecule has 3 N–H and O–H groups in total. The number of benzene rings is 1. The lowest BCUT2D eigenvalue weighted by molar-refractivity contribution is -0.120. The molecule has 1 atom stereocenters. The Labute approximate surface area is 156 Å². The summed E-state index contributed by atoms with van der Waals surface area (Å²) in [5, 5.41) is 2.55. The number of unbranched alkanes of at least 4 members (excludes halogenated alkanes) is 1. The van der Waals surface area contributed by atoms with Crippen LogP contribution < -0.4 is 16.6 Å². The van der Waals surface area contributed by atoms with Gasteiger partial charge in [0.25, 0.3) is 5.56 Å². The average Bonchev–Trinajstić information content (AvgIpc) is 2.58. The zero-order valence-corrected chi connectivity index (χ0v) is 16.0. The molecule has 0 saturated carbocycles. The number of nitrogens with zero attached hydrogens (tertiary/aromatic N) is 2. The Morgan fingerprint density at radius 3 is 2.62 bits per heavy atom. The van der Waals surface area contributed by atoms with Gasteiger partial charge in [-0.05, 0) is 24.5 Å². The van der Waals surface area contributed by atoms with Gasteiger partial charge >= 0.3 is 6.03 Å². The maximum atomic E-state index is 12.9. The molecule has 2 aromatic rings. The number of primary amides is 1. The van der Waals surface area contributed by atoms with Gasteiger partial charge in [-0.1, -0.05) is 51.1 Å². The van der Waals surface area contributed by atoms with Crippen molar-refractivity contribution >= 4 is 34.6 Å². The van der Waals surface area contributed by atoms with Gasteiger partial charge in [-0.25, -0.2) is 9.78 Å². The molecule has 26 heavy (non-hydrogen) atoms. The van der Waals surface area contributed by atoms with Crippen LogP contribution in [0.25, 0.3) is 10.9 Å². The van der Waals surface area contributed by atoms with E-state index in [1.165, 1.54) is 11.8 Å². The fraction of sp³-hybridized carbons (Fsp3) is 0.444. The second-order valence-corrected chi connectivity index (χ2v) is 7.47. The lowest BCUT2D eigenvalue weighted by atomic mass is 10.1. The molecule has 0 unspecified atom stereocenters. The molecule has 1 aromatic carbocycles. The number of hydrogen-bond donors (Lipinski definition) is 2. The highest BCUT2D eigenvalue weighted by Gasteiger charge is 2.27. The van der Waals surface area contributed by atoms with Gasteiger partial charge in [0.1, 0.15) is 0 Å². The molecule has 7 nitrogen and oxygen atoms in total. The Bertz CT molecular complexity index is 863. The fourth-order valence-corrected chi connectivity index (χ4v) is 3.67. The number of hydrogen-bond acceptors (Lipinski definition) is 5. The minimum absolute atomic E-state index is 0.0812. The van der Waals surface area contributed by atoms with E-state index < -0.39 is 17.2 Å². The topological polar surface area (TPSA) is 107 Å². The third-order valence-electron chi connectivity index (χ3n) is 3.90. The summed E-state index contributed by atoms with van der Waals surface area (Å²) in [5.41, 5.74) is 5.54. The van der Waals surface area contributed by atoms with Crippen molar-refractivity contribution < 1.29 is 9.59 Å². The number of amides is 3. The highest BCUT2D eigenvalue weighted by molar-refractivity contribution is 8.00. The van der Waals surface area contributed by atoms with Crippen LogP contribution in [0.4, 0.5) is 4.79 Å². The second-order valence-electron chi connectivity index (χ2n) is 6.36. The van der Waals surface area contributed by atoms with Crippen LogP contribution in [0.15, 0.2) is 34.2 Å². The average molecular weight is 376 g/mol. The van der Waals surface area contributed by atoms with E-state index >= 15 is 0 Å². The summed E-state index contributed by atoms with van der Waals surface area (Å²) in [6.45, 7) is 6.31. The highest BCUT2D eigenvalue weighted by Crippen LogP contribution is 2.28. The number of urea groups is 1. The van der Waals surface area contributed by atoms with Crippen molar-refractivity contribution in [3.05, 3.63) is 34.6 Å². The van der Waals surface area contributed by atoms with Gasteiger partial charge in [-0.3, -0.25) is 19.5 Å². The largest absolute Gasteiger partial charge is 0.351 e. The molecule has 0 spiro atoms. The van der Waals surface area contributed by atoms with Crippen molar-refractivity contribution in [3.8, 4) is 0 Å². The standard InChI is InChI=1S/C18H24N4O3S/c1-4-5-10-22-16(24)12-8-6-7-9-13(12)20-18(22)26-14(11(2)3)15(23)21-17(19)25/h6-9,11,14H,4-5,10H2,1-3H3,(H3,19,21,23,25)/t14-/m0/s1. The van der Waals surface area contributed by atoms with Gasteiger partial charge in [0.15, 0.2) is 5.16 Å². The Kier molecular flexibility index (Phi) is 6.79. The number of nitrogens with one attached hydrogen (secondary N) is 1. The summed E-state index contributed by atoms with van der Waals surface area (Å²) < 4.78 is 1.61. The van der Waals surface area contributed by atoms with E-state index in [4.69, 9.17) is 5.73 Å². The summed E-state index contributed by atoms with van der Waals surface area (Å²) in [5.74, 6) is -0.565. The lowest BCUT2D eigenvalue weighted by Gasteiger charge is -2.20. The van der Waals surface area contributed by atoms with Crippen molar-refractivity contribution in [2.24, 2.45) is 11.7 Å². The summed E-state index contributed by atoms with van der Waals surface area (Å²) in [6.07, 6.45) is 1.76. The predicted octanol–water partition coefficient (Wildman–Crippen LogP) is 2.51. The minimum Gasteiger partial charge on any atom is -0.351 e. The van der Waals surface area contributed by atoms with Crippen LogP contribution in [-0.2, 0) is 11.3 Å². The Balaban J connectivity index is 2.49. The Morgan fingerprint density at radius 2 is 2.00 bits per heavy atom. The van der Waals surface area contributed by atoms with Crippen molar-refractivity contribution in [1.82, 2.24) is 14.9 Å². The number of aromatic nitrogens is 2. The molecule has 0 fully saturated rings. The molecule has 0 saturated heterocycles. The van der Waals surface area contributed by atoms with Gasteiger partial charge < -0.3 is 5.73 Å². The van der Waals surface area contributed by atoms with Gasteiger partial charge in [-0.15, -0.1) is 0 Å². The molecule has 1 heterocycles. The van der Waals surface area contributed by atoms with E-state index in [1.807, 2.05) is 26.8 Å². The number of para-hydroxylation sites is 1. The molecular weight excluding hydrogens is 352 g/mol. The van der Waals surface area contributed by atoms with Crippen molar-refractivity contribution in [2.75, 3.05) is 0 Å². The molecule has 1 aromatic heterocycles. The van der Waals surface area contributed by atoms with Crippen LogP contribution in [0.5, 0.6) is 0 Å². The van der Waals surface area contributed by atoms with Crippen molar-refractivity contribution in [3.63, 3.8) is 0 Å². The van der Waals surface area contributed by atoms with Crippen LogP contribution in [0, 0.1) is 5.92 Å². The Morgan fingerprint density at radius 1 is 1.31 bits per heavy atom. The zero-order chi connectivity index (χ0) is 19.3. The quantitative estimate of drug-likeness (QED) is 0.570. The highest BCUT2D eigenvalue weighted by atomic mass is 32.2. The SMILES string of the molecule is CCCCn1c(S[C@H](C(=O)NC(N)=O)C(C)C)nc2ccccc2c1=O. The number of carbonyl (C=O) groups excluding carboxylic acids is 2. The van der Waals surface area contributed by atoms with Crippen LogP contribution in [0.2, 0.25) is 0 Å². The third-order valence-corrected chi connectivity index (χ3v) is 5.44. The van der Waals surface area contributed by atoms with E-state index in [1.54, 1.807) is 22.8 Å². The zero-order valence-electron chi connectivity index (χ0n) is 15.2. The Hall–Kier alpha value is -2.35. The fourth-order valence-electron chi connectivity index (χ4n) is 2.55. The number of imide groups is 1. The van der Waals surface area contributed by atoms with E-state index in [2.05, 4.69) is 10.3 Å². The van der Waals surface area contributed by atoms with Crippen LogP contribution in [-0.4, -0.2) is 26.7 Å². The number of nitrogens with two attached hydrogens (primary N) is 1. The molecule has 140 valence electrons. The van der Waals surface area contributed by atoms with Crippen LogP contribution in [0.1, 0.15) is 33.6 Å². The van der Waals surface area contributed by atoms with Gasteiger partial charge in [-0.2, -0.15) is 0 Å². The molecule has 2 rings (SSSR count). The van der Waals surface area contributed by atoms with Gasteiger partial charge in [0, 0.05) is 6.54 Å². The first-order valence-electron chi connectivity index (χ1n) is 8.61. The summed E-state index contributed by atoms with van der Waals surface area (Å²) in [4.78, 5) is 40.9.